The number of benzene rings is 2. The average molecular weight is 335 g/mol. The number of hydrogen-bond donors (Lipinski definition) is 0. The summed E-state index contributed by atoms with van der Waals surface area (Å²) in [5, 5.41) is -0.505. The largest absolute Gasteiger partial charge is 0.573 e. The number of alkyl halides is 3. The van der Waals surface area contributed by atoms with Crippen LogP contribution in [0.2, 0.25) is 5.02 Å². The van der Waals surface area contributed by atoms with E-state index in [1.807, 2.05) is 0 Å². The second kappa shape index (κ2) is 5.95. The van der Waals surface area contributed by atoms with Crippen molar-refractivity contribution < 1.29 is 22.7 Å². The lowest BCUT2D eigenvalue weighted by Gasteiger charge is -2.10. The van der Waals surface area contributed by atoms with E-state index < -0.39 is 11.6 Å². The molecule has 0 amide bonds. The van der Waals surface area contributed by atoms with Crippen molar-refractivity contribution in [1.82, 2.24) is 0 Å². The molecule has 21 heavy (non-hydrogen) atoms. The molecule has 2 aromatic carbocycles. The van der Waals surface area contributed by atoms with Crippen LogP contribution in [0.5, 0.6) is 5.75 Å². The average Bonchev–Trinajstić information content (AvgIpc) is 2.38. The predicted octanol–water partition coefficient (Wildman–Crippen LogP) is 5.28. The van der Waals surface area contributed by atoms with Gasteiger partial charge in [-0.15, -0.1) is 13.2 Å². The lowest BCUT2D eigenvalue weighted by Crippen LogP contribution is -2.16. The van der Waals surface area contributed by atoms with E-state index in [4.69, 9.17) is 23.2 Å². The minimum Gasteiger partial charge on any atom is -0.406 e. The maximum Gasteiger partial charge on any atom is 0.573 e. The molecule has 0 spiro atoms. The molecule has 7 heteroatoms. The zero-order valence-corrected chi connectivity index (χ0v) is 11.8. The van der Waals surface area contributed by atoms with Gasteiger partial charge in [-0.3, -0.25) is 4.79 Å². The topological polar surface area (TPSA) is 26.3 Å². The maximum atomic E-state index is 12.1. The van der Waals surface area contributed by atoms with E-state index in [2.05, 4.69) is 4.74 Å². The van der Waals surface area contributed by atoms with Crippen molar-refractivity contribution in [3.63, 3.8) is 0 Å². The molecule has 2 nitrogen and oxygen atoms in total. The number of carbonyl (C=O) groups excluding carboxylic acids is 1. The van der Waals surface area contributed by atoms with Gasteiger partial charge in [-0.25, -0.2) is 0 Å². The van der Waals surface area contributed by atoms with E-state index >= 15 is 0 Å². The number of hydrogen-bond acceptors (Lipinski definition) is 2. The third-order valence-corrected chi connectivity index (χ3v) is 3.13. The number of ether oxygens (including phenoxy) is 1. The molecule has 0 unspecified atom stereocenters. The molecule has 0 heterocycles. The van der Waals surface area contributed by atoms with Crippen molar-refractivity contribution in [2.24, 2.45) is 0 Å². The Balaban J connectivity index is 2.31. The summed E-state index contributed by atoms with van der Waals surface area (Å²) in [5.41, 5.74) is 1.33. The van der Waals surface area contributed by atoms with Crippen LogP contribution in [-0.2, 0) is 0 Å². The van der Waals surface area contributed by atoms with Crippen molar-refractivity contribution >= 4 is 28.4 Å². The number of carbonyl (C=O) groups is 1. The predicted molar refractivity (Wildman–Crippen MR) is 73.8 cm³/mol. The summed E-state index contributed by atoms with van der Waals surface area (Å²) in [6, 6.07) is 9.83. The fraction of sp³-hybridized carbons (Fsp3) is 0.0714. The van der Waals surface area contributed by atoms with Gasteiger partial charge in [-0.1, -0.05) is 29.8 Å². The molecule has 0 aliphatic carbocycles. The van der Waals surface area contributed by atoms with E-state index in [-0.39, 0.29) is 16.3 Å². The van der Waals surface area contributed by atoms with Gasteiger partial charge >= 0.3 is 6.36 Å². The van der Waals surface area contributed by atoms with E-state index in [1.165, 1.54) is 36.4 Å². The van der Waals surface area contributed by atoms with Crippen LogP contribution in [-0.4, -0.2) is 11.6 Å². The Morgan fingerprint density at radius 2 is 1.57 bits per heavy atom. The summed E-state index contributed by atoms with van der Waals surface area (Å²) in [5.74, 6) is -0.325. The van der Waals surface area contributed by atoms with Gasteiger partial charge in [-0.2, -0.15) is 0 Å². The first-order valence-electron chi connectivity index (χ1n) is 5.62. The summed E-state index contributed by atoms with van der Waals surface area (Å²) in [7, 11) is 0. The standard InChI is InChI=1S/C14H7Cl2F3O2/c15-12-6-3-9(7-11(12)13(16)20)8-1-4-10(5-2-8)21-14(17,18)19/h1-7H. The van der Waals surface area contributed by atoms with Crippen LogP contribution in [0.1, 0.15) is 10.4 Å². The van der Waals surface area contributed by atoms with E-state index in [1.54, 1.807) is 6.07 Å². The highest BCUT2D eigenvalue weighted by molar-refractivity contribution is 6.68. The zero-order valence-electron chi connectivity index (χ0n) is 10.2. The van der Waals surface area contributed by atoms with Crippen LogP contribution in [0.3, 0.4) is 0 Å². The first-order chi connectivity index (χ1) is 9.76. The number of rotatable bonds is 3. The summed E-state index contributed by atoms with van der Waals surface area (Å²) < 4.78 is 40.0. The summed E-state index contributed by atoms with van der Waals surface area (Å²) >= 11 is 11.2. The molecule has 0 aliphatic rings. The smallest absolute Gasteiger partial charge is 0.406 e. The molecule has 0 aliphatic heterocycles. The molecule has 2 rings (SSSR count). The van der Waals surface area contributed by atoms with Crippen molar-refractivity contribution in [2.45, 2.75) is 6.36 Å². The molecule has 0 fully saturated rings. The van der Waals surface area contributed by atoms with Gasteiger partial charge in [0, 0.05) is 0 Å². The Bertz CT molecular complexity index is 667. The quantitative estimate of drug-likeness (QED) is 0.713. The first kappa shape index (κ1) is 15.7. The molecular formula is C14H7Cl2F3O2. The summed E-state index contributed by atoms with van der Waals surface area (Å²) in [4.78, 5) is 11.2. The first-order valence-corrected chi connectivity index (χ1v) is 6.37. The summed E-state index contributed by atoms with van der Waals surface area (Å²) in [6.45, 7) is 0. The Hall–Kier alpha value is -1.72. The Kier molecular flexibility index (Phi) is 4.44. The van der Waals surface area contributed by atoms with Gasteiger partial charge in [-0.05, 0) is 47.0 Å². The van der Waals surface area contributed by atoms with Crippen LogP contribution in [0, 0.1) is 0 Å². The minimum absolute atomic E-state index is 0.131. The number of halogens is 5. The highest BCUT2D eigenvalue weighted by atomic mass is 35.5. The van der Waals surface area contributed by atoms with Gasteiger partial charge in [0.2, 0.25) is 0 Å². The fourth-order valence-corrected chi connectivity index (χ4v) is 2.11. The van der Waals surface area contributed by atoms with E-state index in [0.717, 1.165) is 0 Å². The second-order valence-corrected chi connectivity index (χ2v) is 4.79. The molecule has 0 aromatic heterocycles. The van der Waals surface area contributed by atoms with Crippen LogP contribution >= 0.6 is 23.2 Å². The normalized spacial score (nSPS) is 11.3. The third-order valence-electron chi connectivity index (χ3n) is 2.60. The van der Waals surface area contributed by atoms with Crippen molar-refractivity contribution in [1.29, 1.82) is 0 Å². The third kappa shape index (κ3) is 4.12. The molecule has 0 N–H and O–H groups in total. The molecule has 0 bridgehead atoms. The van der Waals surface area contributed by atoms with Crippen LogP contribution in [0.25, 0.3) is 11.1 Å². The lowest BCUT2D eigenvalue weighted by atomic mass is 10.0. The Labute approximate surface area is 128 Å². The zero-order chi connectivity index (χ0) is 15.6. The summed E-state index contributed by atoms with van der Waals surface area (Å²) in [6.07, 6.45) is -4.74. The molecule has 0 saturated heterocycles. The fourth-order valence-electron chi connectivity index (χ4n) is 1.70. The SMILES string of the molecule is O=C(Cl)c1cc(-c2ccc(OC(F)(F)F)cc2)ccc1Cl. The Morgan fingerprint density at radius 3 is 2.10 bits per heavy atom. The molecule has 110 valence electrons. The van der Waals surface area contributed by atoms with Gasteiger partial charge < -0.3 is 4.74 Å². The van der Waals surface area contributed by atoms with E-state index in [0.29, 0.717) is 11.1 Å². The monoisotopic (exact) mass is 334 g/mol. The molecular weight excluding hydrogens is 328 g/mol. The second-order valence-electron chi connectivity index (χ2n) is 4.04. The maximum absolute atomic E-state index is 12.1. The molecule has 0 saturated carbocycles. The highest BCUT2D eigenvalue weighted by Crippen LogP contribution is 2.29. The highest BCUT2D eigenvalue weighted by Gasteiger charge is 2.30. The van der Waals surface area contributed by atoms with Gasteiger partial charge in [0.25, 0.3) is 5.24 Å². The molecule has 0 atom stereocenters. The van der Waals surface area contributed by atoms with Gasteiger partial charge in [0.15, 0.2) is 0 Å². The van der Waals surface area contributed by atoms with Gasteiger partial charge in [0.1, 0.15) is 5.75 Å². The Morgan fingerprint density at radius 1 is 1.00 bits per heavy atom. The molecule has 0 radical (unpaired) electrons. The van der Waals surface area contributed by atoms with Crippen LogP contribution < -0.4 is 4.74 Å². The van der Waals surface area contributed by atoms with Crippen LogP contribution in [0.4, 0.5) is 13.2 Å². The van der Waals surface area contributed by atoms with Crippen molar-refractivity contribution in [3.05, 3.63) is 53.1 Å². The minimum atomic E-state index is -4.74. The lowest BCUT2D eigenvalue weighted by molar-refractivity contribution is -0.274. The van der Waals surface area contributed by atoms with Crippen LogP contribution in [0.15, 0.2) is 42.5 Å². The molecule has 2 aromatic rings. The van der Waals surface area contributed by atoms with Gasteiger partial charge in [0.05, 0.1) is 10.6 Å². The van der Waals surface area contributed by atoms with Crippen molar-refractivity contribution in [2.75, 3.05) is 0 Å². The van der Waals surface area contributed by atoms with Crippen molar-refractivity contribution in [3.8, 4) is 16.9 Å². The van der Waals surface area contributed by atoms with E-state index in [9.17, 15) is 18.0 Å².